The number of ether oxygens (including phenoxy) is 1. The Hall–Kier alpha value is -3.45. The molecule has 1 fully saturated rings. The van der Waals surface area contributed by atoms with Crippen LogP contribution in [-0.2, 0) is 11.3 Å². The van der Waals surface area contributed by atoms with Gasteiger partial charge >= 0.3 is 6.03 Å². The van der Waals surface area contributed by atoms with Crippen molar-refractivity contribution >= 4 is 29.2 Å². The molecule has 0 aliphatic carbocycles. The molecule has 33 heavy (non-hydrogen) atoms. The first-order valence-corrected chi connectivity index (χ1v) is 11.3. The molecular weight excluding hydrogens is 440 g/mol. The second kappa shape index (κ2) is 8.83. The first-order chi connectivity index (χ1) is 16.0. The number of carbonyl (C=O) groups excluding carboxylic acids is 2. The minimum absolute atomic E-state index is 0.00719. The average molecular weight is 465 g/mol. The molecule has 5 rings (SSSR count). The third-order valence-corrected chi connectivity index (χ3v) is 6.57. The Morgan fingerprint density at radius 2 is 1.82 bits per heavy atom. The fourth-order valence-corrected chi connectivity index (χ4v) is 4.80. The topological polar surface area (TPSA) is 66.8 Å². The van der Waals surface area contributed by atoms with Crippen LogP contribution in [0.2, 0.25) is 5.02 Å². The van der Waals surface area contributed by atoms with Crippen LogP contribution in [0.25, 0.3) is 0 Å². The van der Waals surface area contributed by atoms with Gasteiger partial charge in [-0.25, -0.2) is 4.79 Å². The van der Waals surface area contributed by atoms with Gasteiger partial charge in [0.1, 0.15) is 5.75 Å². The van der Waals surface area contributed by atoms with Crippen LogP contribution in [0.15, 0.2) is 66.9 Å². The number of hydrogen-bond donors (Lipinski definition) is 1. The van der Waals surface area contributed by atoms with Gasteiger partial charge in [0.25, 0.3) is 0 Å². The van der Waals surface area contributed by atoms with Crippen LogP contribution in [0.3, 0.4) is 0 Å². The van der Waals surface area contributed by atoms with E-state index in [0.29, 0.717) is 18.1 Å². The summed E-state index contributed by atoms with van der Waals surface area (Å²) in [6.07, 6.45) is 2.31. The second-order valence-electron chi connectivity index (χ2n) is 8.33. The van der Waals surface area contributed by atoms with Crippen molar-refractivity contribution in [1.29, 1.82) is 0 Å². The van der Waals surface area contributed by atoms with Crippen molar-refractivity contribution in [3.8, 4) is 5.75 Å². The summed E-state index contributed by atoms with van der Waals surface area (Å²) in [5.74, 6) is 0.727. The second-order valence-corrected chi connectivity index (χ2v) is 8.76. The van der Waals surface area contributed by atoms with E-state index >= 15 is 0 Å². The Labute approximate surface area is 197 Å². The maximum absolute atomic E-state index is 13.4. The highest BCUT2D eigenvalue weighted by atomic mass is 35.5. The molecule has 0 saturated carbocycles. The molecule has 7 nitrogen and oxygen atoms in total. The van der Waals surface area contributed by atoms with Gasteiger partial charge in [-0.3, -0.25) is 4.79 Å². The van der Waals surface area contributed by atoms with Crippen molar-refractivity contribution in [2.45, 2.75) is 25.0 Å². The fraction of sp³-hybridized carbons (Fsp3) is 0.280. The molecule has 2 aliphatic rings. The first kappa shape index (κ1) is 21.4. The van der Waals surface area contributed by atoms with E-state index in [1.807, 2.05) is 71.8 Å². The molecule has 2 atom stereocenters. The Kier molecular flexibility index (Phi) is 5.72. The number of aromatic nitrogens is 1. The van der Waals surface area contributed by atoms with E-state index in [2.05, 4.69) is 9.88 Å². The van der Waals surface area contributed by atoms with Crippen molar-refractivity contribution < 1.29 is 14.3 Å². The summed E-state index contributed by atoms with van der Waals surface area (Å²) in [6, 6.07) is 18.4. The quantitative estimate of drug-likeness (QED) is 0.633. The number of carbonyl (C=O) groups is 2. The van der Waals surface area contributed by atoms with Gasteiger partial charge in [-0.15, -0.1) is 0 Å². The number of rotatable bonds is 4. The van der Waals surface area contributed by atoms with Gasteiger partial charge in [-0.1, -0.05) is 23.7 Å². The van der Waals surface area contributed by atoms with Crippen molar-refractivity contribution in [2.75, 3.05) is 25.1 Å². The van der Waals surface area contributed by atoms with Crippen LogP contribution in [0.4, 0.5) is 10.5 Å². The van der Waals surface area contributed by atoms with E-state index < -0.39 is 0 Å². The van der Waals surface area contributed by atoms with Gasteiger partial charge in [0.15, 0.2) is 0 Å². The third-order valence-electron chi connectivity index (χ3n) is 6.32. The van der Waals surface area contributed by atoms with Gasteiger partial charge in [-0.05, 0) is 54.1 Å². The Balaban J connectivity index is 1.33. The molecule has 3 aromatic rings. The molecule has 2 aliphatic heterocycles. The highest BCUT2D eigenvalue weighted by molar-refractivity contribution is 6.30. The number of nitrogens with one attached hydrogen (secondary N) is 1. The maximum atomic E-state index is 13.4. The zero-order valence-corrected chi connectivity index (χ0v) is 19.0. The van der Waals surface area contributed by atoms with Crippen molar-refractivity contribution in [3.05, 3.63) is 83.1 Å². The summed E-state index contributed by atoms with van der Waals surface area (Å²) in [5.41, 5.74) is 2.85. The number of hydrogen-bond acceptors (Lipinski definition) is 3. The standard InChI is InChI=1S/C25H25ClN4O3/c1-33-21-10-8-20(9-11-21)30-16-19(15-23(30)31)27-25(32)29-14-13-28-12-2-3-22(28)24(29)17-4-6-18(26)7-5-17/h2-12,19,24H,13-16H2,1H3,(H,27,32). The summed E-state index contributed by atoms with van der Waals surface area (Å²) in [6.45, 7) is 1.73. The first-order valence-electron chi connectivity index (χ1n) is 11.0. The SMILES string of the molecule is COc1ccc(N2CC(NC(=O)N3CCn4cccc4C3c3ccc(Cl)cc3)CC2=O)cc1. The number of methoxy groups -OCH3 is 1. The number of amides is 3. The van der Waals surface area contributed by atoms with Crippen molar-refractivity contribution in [3.63, 3.8) is 0 Å². The summed E-state index contributed by atoms with van der Waals surface area (Å²) < 4.78 is 7.37. The highest BCUT2D eigenvalue weighted by Crippen LogP contribution is 2.33. The zero-order valence-electron chi connectivity index (χ0n) is 18.3. The number of nitrogens with zero attached hydrogens (tertiary/aromatic N) is 3. The van der Waals surface area contributed by atoms with Gasteiger partial charge in [0.05, 0.1) is 19.2 Å². The molecule has 2 aromatic carbocycles. The van der Waals surface area contributed by atoms with Crippen LogP contribution in [0.1, 0.15) is 23.7 Å². The lowest BCUT2D eigenvalue weighted by Crippen LogP contribution is -2.50. The molecule has 1 N–H and O–H groups in total. The lowest BCUT2D eigenvalue weighted by atomic mass is 10.0. The van der Waals surface area contributed by atoms with E-state index in [-0.39, 0.29) is 30.4 Å². The van der Waals surface area contributed by atoms with Crippen LogP contribution < -0.4 is 15.0 Å². The molecule has 3 amide bonds. The summed E-state index contributed by atoms with van der Waals surface area (Å²) in [7, 11) is 1.61. The molecule has 2 unspecified atom stereocenters. The predicted octanol–water partition coefficient (Wildman–Crippen LogP) is 4.07. The lowest BCUT2D eigenvalue weighted by molar-refractivity contribution is -0.117. The number of halogens is 1. The Morgan fingerprint density at radius 1 is 1.06 bits per heavy atom. The smallest absolute Gasteiger partial charge is 0.318 e. The Bertz CT molecular complexity index is 1160. The molecule has 0 radical (unpaired) electrons. The van der Waals surface area contributed by atoms with E-state index in [1.54, 1.807) is 12.0 Å². The van der Waals surface area contributed by atoms with Crippen LogP contribution in [0, 0.1) is 0 Å². The van der Waals surface area contributed by atoms with E-state index in [0.717, 1.165) is 29.2 Å². The fourth-order valence-electron chi connectivity index (χ4n) is 4.67. The monoisotopic (exact) mass is 464 g/mol. The third kappa shape index (κ3) is 4.16. The van der Waals surface area contributed by atoms with E-state index in [4.69, 9.17) is 16.3 Å². The molecule has 170 valence electrons. The molecule has 1 saturated heterocycles. The molecule has 8 heteroatoms. The molecule has 1 aromatic heterocycles. The summed E-state index contributed by atoms with van der Waals surface area (Å²) in [5, 5.41) is 3.76. The van der Waals surface area contributed by atoms with Crippen molar-refractivity contribution in [2.24, 2.45) is 0 Å². The molecule has 3 heterocycles. The summed E-state index contributed by atoms with van der Waals surface area (Å²) in [4.78, 5) is 29.6. The minimum atomic E-state index is -0.258. The number of urea groups is 1. The van der Waals surface area contributed by atoms with Crippen LogP contribution in [0.5, 0.6) is 5.75 Å². The van der Waals surface area contributed by atoms with Crippen molar-refractivity contribution in [1.82, 2.24) is 14.8 Å². The lowest BCUT2D eigenvalue weighted by Gasteiger charge is -2.38. The predicted molar refractivity (Wildman–Crippen MR) is 127 cm³/mol. The van der Waals surface area contributed by atoms with Gasteiger partial charge < -0.3 is 24.4 Å². The average Bonchev–Trinajstić information content (AvgIpc) is 3.45. The number of anilines is 1. The van der Waals surface area contributed by atoms with Gasteiger partial charge in [0.2, 0.25) is 5.91 Å². The zero-order chi connectivity index (χ0) is 22.9. The normalized spacial score (nSPS) is 20.0. The van der Waals surface area contributed by atoms with Crippen LogP contribution >= 0.6 is 11.6 Å². The Morgan fingerprint density at radius 3 is 2.55 bits per heavy atom. The van der Waals surface area contributed by atoms with Gasteiger partial charge in [0, 0.05) is 48.7 Å². The van der Waals surface area contributed by atoms with E-state index in [9.17, 15) is 9.59 Å². The molecule has 0 spiro atoms. The molecule has 0 bridgehead atoms. The largest absolute Gasteiger partial charge is 0.497 e. The van der Waals surface area contributed by atoms with Gasteiger partial charge in [-0.2, -0.15) is 0 Å². The number of fused-ring (bicyclic) bond motifs is 1. The maximum Gasteiger partial charge on any atom is 0.318 e. The molecular formula is C25H25ClN4O3. The van der Waals surface area contributed by atoms with Crippen LogP contribution in [-0.4, -0.2) is 47.6 Å². The minimum Gasteiger partial charge on any atom is -0.497 e. The highest BCUT2D eigenvalue weighted by Gasteiger charge is 2.36. The summed E-state index contributed by atoms with van der Waals surface area (Å²) >= 11 is 6.10. The number of benzene rings is 2. The van der Waals surface area contributed by atoms with E-state index in [1.165, 1.54) is 0 Å².